The summed E-state index contributed by atoms with van der Waals surface area (Å²) in [5.41, 5.74) is -8.29. The number of hydrogen-bond acceptors (Lipinski definition) is 8. The molecule has 7 N–H and O–H groups in total. The second-order valence-electron chi connectivity index (χ2n) is 11.5. The monoisotopic (exact) mass is 531 g/mol. The average molecular weight is 532 g/mol. The predicted molar refractivity (Wildman–Crippen MR) is 134 cm³/mol. The fraction of sp³-hybridized carbons (Fsp3) is 0.875. The molecule has 0 aromatic heterocycles. The zero-order valence-electron chi connectivity index (χ0n) is 21.9. The van der Waals surface area contributed by atoms with E-state index in [9.17, 15) is 34.8 Å². The highest BCUT2D eigenvalue weighted by molar-refractivity contribution is 8.00. The van der Waals surface area contributed by atoms with Crippen molar-refractivity contribution in [2.45, 2.75) is 113 Å². The molecule has 206 valence electrons. The minimum atomic E-state index is -1.96. The third-order valence-electron chi connectivity index (χ3n) is 9.14. The number of carbonyl (C=O) groups is 3. The van der Waals surface area contributed by atoms with Gasteiger partial charge in [0.1, 0.15) is 16.8 Å². The molecule has 36 heavy (non-hydrogen) atoms. The number of carboxylic acids is 1. The molecule has 3 rings (SSSR count). The van der Waals surface area contributed by atoms with Gasteiger partial charge in [0.2, 0.25) is 5.91 Å². The van der Waals surface area contributed by atoms with Crippen molar-refractivity contribution in [3.05, 3.63) is 0 Å². The zero-order chi connectivity index (χ0) is 27.3. The maximum Gasteiger partial charge on any atom is 0.315 e. The fourth-order valence-electron chi connectivity index (χ4n) is 6.41. The van der Waals surface area contributed by atoms with Gasteiger partial charge in [0, 0.05) is 24.3 Å². The molecule has 0 spiro atoms. The molecule has 3 aliphatic heterocycles. The van der Waals surface area contributed by atoms with E-state index in [4.69, 9.17) is 4.74 Å². The van der Waals surface area contributed by atoms with Gasteiger partial charge in [0.15, 0.2) is 0 Å². The lowest BCUT2D eigenvalue weighted by Crippen LogP contribution is -2.88. The first-order valence-corrected chi connectivity index (χ1v) is 13.4. The lowest BCUT2D eigenvalue weighted by Gasteiger charge is -2.68. The van der Waals surface area contributed by atoms with Crippen molar-refractivity contribution in [3.8, 4) is 0 Å². The highest BCUT2D eigenvalue weighted by Crippen LogP contribution is 2.56. The smallest absolute Gasteiger partial charge is 0.315 e. The normalized spacial score (nSPS) is 44.9. The third-order valence-corrected chi connectivity index (χ3v) is 10.8. The van der Waals surface area contributed by atoms with Crippen molar-refractivity contribution in [1.82, 2.24) is 16.0 Å². The third kappa shape index (κ3) is 4.48. The van der Waals surface area contributed by atoms with Crippen molar-refractivity contribution in [2.75, 3.05) is 12.4 Å². The summed E-state index contributed by atoms with van der Waals surface area (Å²) in [4.78, 5) is 35.6. The number of rotatable bonds is 9. The summed E-state index contributed by atoms with van der Waals surface area (Å²) in [6, 6.07) is -0.457. The van der Waals surface area contributed by atoms with Gasteiger partial charge in [-0.25, -0.2) is 4.79 Å². The summed E-state index contributed by atoms with van der Waals surface area (Å²) < 4.78 is 6.52. The van der Waals surface area contributed by atoms with Gasteiger partial charge < -0.3 is 41.1 Å². The largest absolute Gasteiger partial charge is 0.481 e. The number of hydrogen-bond donors (Lipinski definition) is 7. The van der Waals surface area contributed by atoms with Gasteiger partial charge in [0.05, 0.1) is 29.8 Å². The molecule has 0 aromatic carbocycles. The minimum absolute atomic E-state index is 0.0199. The van der Waals surface area contributed by atoms with Gasteiger partial charge >= 0.3 is 12.0 Å². The van der Waals surface area contributed by atoms with E-state index < -0.39 is 46.4 Å². The van der Waals surface area contributed by atoms with Crippen LogP contribution in [0.15, 0.2) is 0 Å². The molecular formula is C24H41N3O8S. The molecule has 0 aromatic rings. The molecule has 9 atom stereocenters. The summed E-state index contributed by atoms with van der Waals surface area (Å²) in [7, 11) is 0. The highest BCUT2D eigenvalue weighted by atomic mass is 32.2. The van der Waals surface area contributed by atoms with E-state index in [0.717, 1.165) is 0 Å². The number of urea groups is 1. The van der Waals surface area contributed by atoms with Crippen LogP contribution in [0.25, 0.3) is 0 Å². The predicted octanol–water partition coefficient (Wildman–Crippen LogP) is 0.350. The minimum Gasteiger partial charge on any atom is -0.481 e. The molecule has 0 saturated carbocycles. The van der Waals surface area contributed by atoms with Crippen LogP contribution >= 0.6 is 11.8 Å². The van der Waals surface area contributed by atoms with Crippen molar-refractivity contribution in [3.63, 3.8) is 0 Å². The summed E-state index contributed by atoms with van der Waals surface area (Å²) in [5.74, 6) is -0.813. The summed E-state index contributed by atoms with van der Waals surface area (Å²) in [5, 5.41) is 51.6. The number of aliphatic hydroxyl groups excluding tert-OH is 1. The summed E-state index contributed by atoms with van der Waals surface area (Å²) in [6.45, 7) is 8.42. The van der Waals surface area contributed by atoms with Crippen LogP contribution < -0.4 is 16.0 Å². The van der Waals surface area contributed by atoms with Gasteiger partial charge in [-0.05, 0) is 59.8 Å². The lowest BCUT2D eigenvalue weighted by atomic mass is 9.55. The highest BCUT2D eigenvalue weighted by Gasteiger charge is 2.74. The van der Waals surface area contributed by atoms with Gasteiger partial charge in [-0.15, -0.1) is 0 Å². The van der Waals surface area contributed by atoms with Gasteiger partial charge in [-0.1, -0.05) is 0 Å². The molecule has 3 saturated heterocycles. The first kappa shape index (κ1) is 29.0. The molecule has 3 amide bonds. The van der Waals surface area contributed by atoms with Gasteiger partial charge in [0.25, 0.3) is 0 Å². The van der Waals surface area contributed by atoms with Crippen LogP contribution in [0.2, 0.25) is 0 Å². The first-order chi connectivity index (χ1) is 16.4. The number of nitrogens with one attached hydrogen (secondary N) is 3. The van der Waals surface area contributed by atoms with E-state index in [2.05, 4.69) is 16.0 Å². The van der Waals surface area contributed by atoms with E-state index in [1.165, 1.54) is 27.7 Å². The Morgan fingerprint density at radius 3 is 2.33 bits per heavy atom. The SMILES string of the molecule is CC(=O)NC1(C)C(C)(O)[C@](C)(O)C(C)(CO)O[C@]1(C)CC(CCCC(=O)O)C1SC[C@@H]2NC(=O)N[C@H]12. The summed E-state index contributed by atoms with van der Waals surface area (Å²) in [6.07, 6.45) is 1.15. The molecule has 0 aliphatic carbocycles. The van der Waals surface area contributed by atoms with Crippen LogP contribution in [0.5, 0.6) is 0 Å². The second-order valence-corrected chi connectivity index (χ2v) is 12.7. The number of aliphatic carboxylic acids is 1. The fourth-order valence-corrected chi connectivity index (χ4v) is 8.10. The Bertz CT molecular complexity index is 901. The second kappa shape index (κ2) is 9.61. The first-order valence-electron chi connectivity index (χ1n) is 12.4. The molecule has 3 fully saturated rings. The molecule has 5 unspecified atom stereocenters. The topological polar surface area (TPSA) is 177 Å². The van der Waals surface area contributed by atoms with E-state index >= 15 is 0 Å². The van der Waals surface area contributed by atoms with Crippen LogP contribution in [0.4, 0.5) is 4.79 Å². The van der Waals surface area contributed by atoms with E-state index in [1.807, 2.05) is 0 Å². The Morgan fingerprint density at radius 2 is 1.78 bits per heavy atom. The molecule has 11 nitrogen and oxygen atoms in total. The van der Waals surface area contributed by atoms with E-state index in [-0.39, 0.29) is 42.1 Å². The molecule has 0 radical (unpaired) electrons. The Labute approximate surface area is 216 Å². The van der Waals surface area contributed by atoms with Crippen molar-refractivity contribution < 1.29 is 39.5 Å². The molecule has 0 bridgehead atoms. The Kier molecular flexibility index (Phi) is 7.73. The number of carboxylic acid groups (broad SMARTS) is 1. The van der Waals surface area contributed by atoms with E-state index in [1.54, 1.807) is 25.6 Å². The van der Waals surface area contributed by atoms with Gasteiger partial charge in [-0.2, -0.15) is 11.8 Å². The maximum absolute atomic E-state index is 12.4. The number of aliphatic hydroxyl groups is 3. The molecule has 3 aliphatic rings. The Hall–Kier alpha value is -1.60. The summed E-state index contributed by atoms with van der Waals surface area (Å²) >= 11 is 1.68. The number of ether oxygens (including phenoxy) is 1. The Balaban J connectivity index is 2.05. The van der Waals surface area contributed by atoms with Crippen LogP contribution in [-0.2, 0) is 14.3 Å². The molecular weight excluding hydrogens is 490 g/mol. The average Bonchev–Trinajstić information content (AvgIpc) is 3.29. The molecule has 3 heterocycles. The quantitative estimate of drug-likeness (QED) is 0.207. The number of carbonyl (C=O) groups excluding carboxylic acids is 2. The van der Waals surface area contributed by atoms with Crippen molar-refractivity contribution >= 4 is 29.7 Å². The van der Waals surface area contributed by atoms with Crippen LogP contribution in [0.1, 0.15) is 67.2 Å². The van der Waals surface area contributed by atoms with E-state index in [0.29, 0.717) is 18.6 Å². The molecule has 12 heteroatoms. The van der Waals surface area contributed by atoms with Crippen molar-refractivity contribution in [1.29, 1.82) is 0 Å². The van der Waals surface area contributed by atoms with Crippen molar-refractivity contribution in [2.24, 2.45) is 5.92 Å². The standard InChI is InChI=1S/C24H41N3O8S/c1-13(29)27-22(4)20(2,35-21(3,12-28)23(5,33)24(22,6)34)10-14(8-7-9-16(30)31)18-17-15(11-36-18)25-19(32)26-17/h14-15,17-18,28,33-34H,7-12H2,1-6H3,(H,27,29)(H,30,31)(H2,25,26,32)/t14?,15-,17-,18?,20+,21?,22?,23+,24?/m0/s1. The number of fused-ring (bicyclic) bond motifs is 1. The zero-order valence-corrected chi connectivity index (χ0v) is 22.7. The number of thioether (sulfide) groups is 1. The number of amides is 3. The van der Waals surface area contributed by atoms with Gasteiger partial charge in [-0.3, -0.25) is 9.59 Å². The lowest BCUT2D eigenvalue weighted by molar-refractivity contribution is -0.370. The van der Waals surface area contributed by atoms with Crippen LogP contribution in [0.3, 0.4) is 0 Å². The van der Waals surface area contributed by atoms with Crippen LogP contribution in [0, 0.1) is 5.92 Å². The Morgan fingerprint density at radius 1 is 1.14 bits per heavy atom. The maximum atomic E-state index is 12.4. The van der Waals surface area contributed by atoms with Crippen LogP contribution in [-0.4, -0.2) is 96.0 Å².